The van der Waals surface area contributed by atoms with Crippen molar-refractivity contribution in [3.63, 3.8) is 0 Å². The van der Waals surface area contributed by atoms with Gasteiger partial charge in [0.15, 0.2) is 5.69 Å². The van der Waals surface area contributed by atoms with Crippen molar-refractivity contribution in [3.8, 4) is 0 Å². The zero-order chi connectivity index (χ0) is 24.2. The minimum absolute atomic E-state index is 0.0445. The van der Waals surface area contributed by atoms with Crippen LogP contribution in [0.2, 0.25) is 0 Å². The van der Waals surface area contributed by atoms with Crippen molar-refractivity contribution in [2.24, 2.45) is 13.0 Å². The number of aryl methyl sites for hydroxylation is 1. The molecule has 1 saturated heterocycles. The highest BCUT2D eigenvalue weighted by Gasteiger charge is 2.24. The second kappa shape index (κ2) is 10.1. The molecule has 1 atom stereocenters. The summed E-state index contributed by atoms with van der Waals surface area (Å²) in [6, 6.07) is 19.2. The van der Waals surface area contributed by atoms with Crippen molar-refractivity contribution in [1.82, 2.24) is 19.7 Å². The van der Waals surface area contributed by atoms with Gasteiger partial charge in [0.2, 0.25) is 0 Å². The summed E-state index contributed by atoms with van der Waals surface area (Å²) >= 11 is 0. The lowest BCUT2D eigenvalue weighted by atomic mass is 9.91. The molecule has 35 heavy (non-hydrogen) atoms. The van der Waals surface area contributed by atoms with E-state index in [0.29, 0.717) is 29.4 Å². The number of likely N-dealkylation sites (tertiary alicyclic amines) is 1. The molecule has 0 spiro atoms. The lowest BCUT2D eigenvalue weighted by Crippen LogP contribution is -2.33. The maximum atomic E-state index is 13.5. The van der Waals surface area contributed by atoms with Gasteiger partial charge in [0.05, 0.1) is 16.8 Å². The number of fused-ring (bicyclic) bond motifs is 1. The van der Waals surface area contributed by atoms with Crippen LogP contribution in [-0.4, -0.2) is 44.6 Å². The number of amides is 2. The summed E-state index contributed by atoms with van der Waals surface area (Å²) in [5.41, 5.74) is 3.69. The van der Waals surface area contributed by atoms with E-state index in [1.165, 1.54) is 10.9 Å². The molecule has 4 aromatic rings. The van der Waals surface area contributed by atoms with Gasteiger partial charge < -0.3 is 10.2 Å². The highest BCUT2D eigenvalue weighted by molar-refractivity contribution is 6.08. The van der Waals surface area contributed by atoms with E-state index < -0.39 is 0 Å². The van der Waals surface area contributed by atoms with E-state index in [-0.39, 0.29) is 11.8 Å². The first kappa shape index (κ1) is 22.8. The highest BCUT2D eigenvalue weighted by atomic mass is 16.2. The monoisotopic (exact) mass is 467 g/mol. The number of nitrogens with zero attached hydrogens (tertiary/aromatic N) is 4. The Bertz CT molecular complexity index is 1360. The molecule has 1 aliphatic heterocycles. The summed E-state index contributed by atoms with van der Waals surface area (Å²) in [5, 5.41) is 8.23. The van der Waals surface area contributed by atoms with E-state index in [4.69, 9.17) is 0 Å². The predicted octanol–water partition coefficient (Wildman–Crippen LogP) is 4.71. The number of anilines is 1. The molecule has 1 aliphatic rings. The first-order valence-corrected chi connectivity index (χ1v) is 12.1. The summed E-state index contributed by atoms with van der Waals surface area (Å²) in [6.07, 6.45) is 7.59. The van der Waals surface area contributed by atoms with Gasteiger partial charge in [-0.25, -0.2) is 0 Å². The number of pyridine rings is 1. The number of rotatable bonds is 5. The molecule has 2 aromatic carbocycles. The van der Waals surface area contributed by atoms with Gasteiger partial charge >= 0.3 is 0 Å². The van der Waals surface area contributed by atoms with E-state index in [0.717, 1.165) is 37.7 Å². The van der Waals surface area contributed by atoms with Crippen LogP contribution in [0.5, 0.6) is 0 Å². The minimum atomic E-state index is -0.327. The molecule has 0 unspecified atom stereocenters. The minimum Gasteiger partial charge on any atom is -0.339 e. The van der Waals surface area contributed by atoms with Gasteiger partial charge in [0.25, 0.3) is 11.8 Å². The fourth-order valence-corrected chi connectivity index (χ4v) is 4.89. The molecular formula is C28H29N5O2. The maximum absolute atomic E-state index is 13.5. The molecular weight excluding hydrogens is 438 g/mol. The molecule has 7 nitrogen and oxygen atoms in total. The molecule has 3 heterocycles. The Labute approximate surface area is 204 Å². The number of hydrogen-bond donors (Lipinski definition) is 1. The molecule has 7 heteroatoms. The molecule has 0 radical (unpaired) electrons. The standard InChI is InChI=1S/C28H29N5O2/c1-32-17-14-26(31-32)27(34)30-25-11-5-3-9-23(25)28(35)33-16-6-7-20(13-18-33)19-21-12-15-29-24-10-4-2-8-22(21)24/h2-5,8-12,14-15,17,20H,6-7,13,16,18-19H2,1H3,(H,30,34)/t20-/m0/s1. The molecule has 178 valence electrons. The largest absolute Gasteiger partial charge is 0.339 e. The zero-order valence-corrected chi connectivity index (χ0v) is 19.9. The summed E-state index contributed by atoms with van der Waals surface area (Å²) in [4.78, 5) is 32.5. The second-order valence-electron chi connectivity index (χ2n) is 9.15. The van der Waals surface area contributed by atoms with E-state index in [2.05, 4.69) is 39.7 Å². The van der Waals surface area contributed by atoms with Gasteiger partial charge in [-0.3, -0.25) is 19.3 Å². The lowest BCUT2D eigenvalue weighted by molar-refractivity contribution is 0.0761. The maximum Gasteiger partial charge on any atom is 0.276 e. The average molecular weight is 468 g/mol. The molecule has 0 aliphatic carbocycles. The Morgan fingerprint density at radius 1 is 1.00 bits per heavy atom. The first-order chi connectivity index (χ1) is 17.1. The van der Waals surface area contributed by atoms with Gasteiger partial charge in [-0.1, -0.05) is 30.3 Å². The molecule has 1 N–H and O–H groups in total. The average Bonchev–Trinajstić information content (AvgIpc) is 3.18. The molecule has 0 bridgehead atoms. The SMILES string of the molecule is Cn1ccc(C(=O)Nc2ccccc2C(=O)N2CCC[C@H](Cc3ccnc4ccccc34)CC2)n1. The van der Waals surface area contributed by atoms with Crippen molar-refractivity contribution in [3.05, 3.63) is 89.9 Å². The third-order valence-electron chi connectivity index (χ3n) is 6.73. The molecule has 0 saturated carbocycles. The van der Waals surface area contributed by atoms with E-state index in [1.807, 2.05) is 29.3 Å². The summed E-state index contributed by atoms with van der Waals surface area (Å²) in [7, 11) is 1.76. The van der Waals surface area contributed by atoms with Crippen LogP contribution in [0.1, 0.15) is 45.7 Å². The summed E-state index contributed by atoms with van der Waals surface area (Å²) < 4.78 is 1.58. The quantitative estimate of drug-likeness (QED) is 0.461. The Kier molecular flexibility index (Phi) is 6.57. The van der Waals surface area contributed by atoms with Crippen LogP contribution in [0.15, 0.2) is 73.1 Å². The smallest absolute Gasteiger partial charge is 0.276 e. The van der Waals surface area contributed by atoms with Gasteiger partial charge in [0, 0.05) is 37.9 Å². The Morgan fingerprint density at radius 3 is 2.69 bits per heavy atom. The molecule has 2 amide bonds. The van der Waals surface area contributed by atoms with Gasteiger partial charge in [-0.15, -0.1) is 0 Å². The molecule has 5 rings (SSSR count). The summed E-state index contributed by atoms with van der Waals surface area (Å²) in [5.74, 6) is 0.140. The van der Waals surface area contributed by atoms with Gasteiger partial charge in [-0.2, -0.15) is 5.10 Å². The van der Waals surface area contributed by atoms with E-state index in [9.17, 15) is 9.59 Å². The number of carbonyl (C=O) groups is 2. The summed E-state index contributed by atoms with van der Waals surface area (Å²) in [6.45, 7) is 1.42. The predicted molar refractivity (Wildman–Crippen MR) is 136 cm³/mol. The third kappa shape index (κ3) is 5.09. The van der Waals surface area contributed by atoms with Crippen LogP contribution in [0.25, 0.3) is 10.9 Å². The van der Waals surface area contributed by atoms with E-state index in [1.54, 1.807) is 36.1 Å². The van der Waals surface area contributed by atoms with Crippen molar-refractivity contribution in [2.45, 2.75) is 25.7 Å². The highest BCUT2D eigenvalue weighted by Crippen LogP contribution is 2.27. The zero-order valence-electron chi connectivity index (χ0n) is 19.9. The normalized spacial score (nSPS) is 16.1. The number of para-hydroxylation sites is 2. The van der Waals surface area contributed by atoms with Crippen molar-refractivity contribution < 1.29 is 9.59 Å². The Hall–Kier alpha value is -4.00. The lowest BCUT2D eigenvalue weighted by Gasteiger charge is -2.22. The number of aromatic nitrogens is 3. The Balaban J connectivity index is 1.27. The van der Waals surface area contributed by atoms with Crippen molar-refractivity contribution in [1.29, 1.82) is 0 Å². The van der Waals surface area contributed by atoms with E-state index >= 15 is 0 Å². The van der Waals surface area contributed by atoms with Crippen LogP contribution in [0.3, 0.4) is 0 Å². The number of hydrogen-bond acceptors (Lipinski definition) is 4. The Morgan fingerprint density at radius 2 is 1.83 bits per heavy atom. The van der Waals surface area contributed by atoms with Gasteiger partial charge in [-0.05, 0) is 67.5 Å². The van der Waals surface area contributed by atoms with Crippen LogP contribution in [0, 0.1) is 5.92 Å². The first-order valence-electron chi connectivity index (χ1n) is 12.1. The van der Waals surface area contributed by atoms with Crippen LogP contribution < -0.4 is 5.32 Å². The molecule has 1 fully saturated rings. The van der Waals surface area contributed by atoms with Crippen molar-refractivity contribution in [2.75, 3.05) is 18.4 Å². The fourth-order valence-electron chi connectivity index (χ4n) is 4.89. The fraction of sp³-hybridized carbons (Fsp3) is 0.286. The van der Waals surface area contributed by atoms with Gasteiger partial charge in [0.1, 0.15) is 0 Å². The topological polar surface area (TPSA) is 80.1 Å². The van der Waals surface area contributed by atoms with Crippen LogP contribution >= 0.6 is 0 Å². The second-order valence-corrected chi connectivity index (χ2v) is 9.15. The number of benzene rings is 2. The number of nitrogens with one attached hydrogen (secondary N) is 1. The third-order valence-corrected chi connectivity index (χ3v) is 6.73. The number of carbonyl (C=O) groups excluding carboxylic acids is 2. The van der Waals surface area contributed by atoms with Crippen LogP contribution in [-0.2, 0) is 13.5 Å². The van der Waals surface area contributed by atoms with Crippen LogP contribution in [0.4, 0.5) is 5.69 Å². The van der Waals surface area contributed by atoms with Crippen molar-refractivity contribution >= 4 is 28.4 Å². The molecule has 2 aromatic heterocycles.